The third-order valence-corrected chi connectivity index (χ3v) is 3.52. The number of hydrogen-bond donors (Lipinski definition) is 1. The third-order valence-electron chi connectivity index (χ3n) is 3.25. The zero-order valence-corrected chi connectivity index (χ0v) is 10.8. The van der Waals surface area contributed by atoms with E-state index in [1.54, 1.807) is 7.11 Å². The highest BCUT2D eigenvalue weighted by molar-refractivity contribution is 7.80. The molecular weight excluding hydrogens is 208 g/mol. The Morgan fingerprint density at radius 3 is 2.80 bits per heavy atom. The second-order valence-corrected chi connectivity index (χ2v) is 5.28. The van der Waals surface area contributed by atoms with Gasteiger partial charge in [-0.25, -0.2) is 0 Å². The van der Waals surface area contributed by atoms with Gasteiger partial charge in [-0.3, -0.25) is 4.90 Å². The van der Waals surface area contributed by atoms with Crippen molar-refractivity contribution in [2.45, 2.75) is 44.8 Å². The molecule has 1 unspecified atom stereocenters. The van der Waals surface area contributed by atoms with Crippen LogP contribution in [0.25, 0.3) is 0 Å². The Morgan fingerprint density at radius 1 is 1.60 bits per heavy atom. The largest absolute Gasteiger partial charge is 0.392 e. The van der Waals surface area contributed by atoms with Crippen LogP contribution in [-0.4, -0.2) is 41.7 Å². The molecule has 0 aromatic heterocycles. The Hall–Kier alpha value is -0.190. The quantitative estimate of drug-likeness (QED) is 0.727. The molecule has 88 valence electrons. The fourth-order valence-corrected chi connectivity index (χ4v) is 2.20. The summed E-state index contributed by atoms with van der Waals surface area (Å²) < 4.78 is 5.40. The molecular formula is C11H22N2OS. The number of thiocarbonyl (C=S) groups is 1. The SMILES string of the molecule is COC(C)(C)CCN1CCCC1C(N)=S. The Labute approximate surface area is 98.0 Å². The molecule has 1 saturated heterocycles. The Balaban J connectivity index is 2.41. The molecule has 0 amide bonds. The molecule has 0 spiro atoms. The lowest BCUT2D eigenvalue weighted by Crippen LogP contribution is -2.41. The molecule has 0 aromatic rings. The second kappa shape index (κ2) is 5.23. The summed E-state index contributed by atoms with van der Waals surface area (Å²) in [6, 6.07) is 0.313. The van der Waals surface area contributed by atoms with Crippen LogP contribution in [0.4, 0.5) is 0 Å². The zero-order valence-electron chi connectivity index (χ0n) is 9.95. The van der Waals surface area contributed by atoms with Crippen molar-refractivity contribution in [3.63, 3.8) is 0 Å². The highest BCUT2D eigenvalue weighted by Crippen LogP contribution is 2.21. The molecule has 4 heteroatoms. The molecule has 1 aliphatic rings. The number of nitrogens with zero attached hydrogens (tertiary/aromatic N) is 1. The molecule has 1 rings (SSSR count). The summed E-state index contributed by atoms with van der Waals surface area (Å²) in [6.45, 7) is 6.35. The summed E-state index contributed by atoms with van der Waals surface area (Å²) in [5.41, 5.74) is 5.67. The minimum Gasteiger partial charge on any atom is -0.392 e. The van der Waals surface area contributed by atoms with Gasteiger partial charge in [-0.1, -0.05) is 12.2 Å². The van der Waals surface area contributed by atoms with Crippen molar-refractivity contribution in [2.24, 2.45) is 5.73 Å². The van der Waals surface area contributed by atoms with Gasteiger partial charge in [0.1, 0.15) is 0 Å². The Kier molecular flexibility index (Phi) is 4.49. The first-order valence-electron chi connectivity index (χ1n) is 5.55. The molecule has 15 heavy (non-hydrogen) atoms. The molecule has 1 heterocycles. The minimum absolute atomic E-state index is 0.0522. The lowest BCUT2D eigenvalue weighted by atomic mass is 10.0. The van der Waals surface area contributed by atoms with Crippen LogP contribution in [0, 0.1) is 0 Å². The normalized spacial score (nSPS) is 23.3. The van der Waals surface area contributed by atoms with Crippen LogP contribution in [0.5, 0.6) is 0 Å². The summed E-state index contributed by atoms with van der Waals surface area (Å²) in [4.78, 5) is 3.02. The van der Waals surface area contributed by atoms with Crippen LogP contribution in [0.2, 0.25) is 0 Å². The van der Waals surface area contributed by atoms with E-state index in [2.05, 4.69) is 18.7 Å². The Bertz CT molecular complexity index is 231. The summed E-state index contributed by atoms with van der Waals surface area (Å²) in [5.74, 6) is 0. The molecule has 3 nitrogen and oxygen atoms in total. The van der Waals surface area contributed by atoms with E-state index in [0.29, 0.717) is 11.0 Å². The molecule has 1 fully saturated rings. The maximum absolute atomic E-state index is 5.72. The highest BCUT2D eigenvalue weighted by atomic mass is 32.1. The minimum atomic E-state index is -0.0522. The molecule has 1 atom stereocenters. The number of rotatable bonds is 5. The van der Waals surface area contributed by atoms with Crippen LogP contribution < -0.4 is 5.73 Å². The predicted octanol–water partition coefficient (Wildman–Crippen LogP) is 1.55. The first-order chi connectivity index (χ1) is 6.96. The van der Waals surface area contributed by atoms with Crippen LogP contribution in [-0.2, 0) is 4.74 Å². The number of hydrogen-bond acceptors (Lipinski definition) is 3. The first kappa shape index (κ1) is 12.9. The van der Waals surface area contributed by atoms with Gasteiger partial charge in [0.15, 0.2) is 0 Å². The Morgan fingerprint density at radius 2 is 2.27 bits per heavy atom. The van der Waals surface area contributed by atoms with E-state index in [1.807, 2.05) is 0 Å². The van der Waals surface area contributed by atoms with Crippen LogP contribution in [0.3, 0.4) is 0 Å². The average molecular weight is 230 g/mol. The van der Waals surface area contributed by atoms with E-state index >= 15 is 0 Å². The van der Waals surface area contributed by atoms with Crippen molar-refractivity contribution in [3.8, 4) is 0 Å². The molecule has 0 aromatic carbocycles. The maximum Gasteiger partial charge on any atom is 0.0902 e. The standard InChI is InChI=1S/C11H22N2OS/c1-11(2,14-3)6-8-13-7-4-5-9(13)10(12)15/h9H,4-8H2,1-3H3,(H2,12,15). The van der Waals surface area contributed by atoms with E-state index in [4.69, 9.17) is 22.7 Å². The average Bonchev–Trinajstić information content (AvgIpc) is 2.63. The van der Waals surface area contributed by atoms with Gasteiger partial charge in [0, 0.05) is 13.7 Å². The number of nitrogens with two attached hydrogens (primary N) is 1. The van der Waals surface area contributed by atoms with Crippen LogP contribution in [0.15, 0.2) is 0 Å². The zero-order chi connectivity index (χ0) is 11.5. The number of ether oxygens (including phenoxy) is 1. The smallest absolute Gasteiger partial charge is 0.0902 e. The van der Waals surface area contributed by atoms with Gasteiger partial charge in [0.25, 0.3) is 0 Å². The van der Waals surface area contributed by atoms with Gasteiger partial charge in [0.05, 0.1) is 16.6 Å². The van der Waals surface area contributed by atoms with Crippen molar-refractivity contribution >= 4 is 17.2 Å². The number of methoxy groups -OCH3 is 1. The number of likely N-dealkylation sites (tertiary alicyclic amines) is 1. The molecule has 0 aliphatic carbocycles. The van der Waals surface area contributed by atoms with Gasteiger partial charge >= 0.3 is 0 Å². The van der Waals surface area contributed by atoms with E-state index in [1.165, 1.54) is 6.42 Å². The molecule has 2 N–H and O–H groups in total. The lowest BCUT2D eigenvalue weighted by Gasteiger charge is -2.29. The van der Waals surface area contributed by atoms with E-state index in [0.717, 1.165) is 25.9 Å². The maximum atomic E-state index is 5.72. The lowest BCUT2D eigenvalue weighted by molar-refractivity contribution is 0.00800. The fourth-order valence-electron chi connectivity index (χ4n) is 1.93. The van der Waals surface area contributed by atoms with Crippen molar-refractivity contribution in [3.05, 3.63) is 0 Å². The molecule has 0 saturated carbocycles. The second-order valence-electron chi connectivity index (χ2n) is 4.81. The highest BCUT2D eigenvalue weighted by Gasteiger charge is 2.28. The van der Waals surface area contributed by atoms with Gasteiger partial charge in [-0.15, -0.1) is 0 Å². The monoisotopic (exact) mass is 230 g/mol. The molecule has 0 bridgehead atoms. The molecule has 0 radical (unpaired) electrons. The van der Waals surface area contributed by atoms with E-state index in [9.17, 15) is 0 Å². The third kappa shape index (κ3) is 3.70. The van der Waals surface area contributed by atoms with E-state index < -0.39 is 0 Å². The van der Waals surface area contributed by atoms with Gasteiger partial charge in [0.2, 0.25) is 0 Å². The summed E-state index contributed by atoms with van der Waals surface area (Å²) in [7, 11) is 1.76. The van der Waals surface area contributed by atoms with Gasteiger partial charge in [-0.05, 0) is 39.7 Å². The van der Waals surface area contributed by atoms with Crippen LogP contribution in [0.1, 0.15) is 33.1 Å². The van der Waals surface area contributed by atoms with Gasteiger partial charge in [-0.2, -0.15) is 0 Å². The summed E-state index contributed by atoms with van der Waals surface area (Å²) in [5, 5.41) is 0. The van der Waals surface area contributed by atoms with E-state index in [-0.39, 0.29) is 5.60 Å². The molecule has 1 aliphatic heterocycles. The predicted molar refractivity (Wildman–Crippen MR) is 67.1 cm³/mol. The van der Waals surface area contributed by atoms with Crippen molar-refractivity contribution < 1.29 is 4.74 Å². The van der Waals surface area contributed by atoms with Gasteiger partial charge < -0.3 is 10.5 Å². The topological polar surface area (TPSA) is 38.5 Å². The van der Waals surface area contributed by atoms with Crippen molar-refractivity contribution in [1.82, 2.24) is 4.90 Å². The van der Waals surface area contributed by atoms with Crippen molar-refractivity contribution in [2.75, 3.05) is 20.2 Å². The summed E-state index contributed by atoms with van der Waals surface area (Å²) in [6.07, 6.45) is 3.33. The van der Waals surface area contributed by atoms with Crippen LogP contribution >= 0.6 is 12.2 Å². The summed E-state index contributed by atoms with van der Waals surface area (Å²) >= 11 is 5.07. The fraction of sp³-hybridized carbons (Fsp3) is 0.909. The first-order valence-corrected chi connectivity index (χ1v) is 5.95. The van der Waals surface area contributed by atoms with Crippen molar-refractivity contribution in [1.29, 1.82) is 0 Å².